The van der Waals surface area contributed by atoms with Crippen LogP contribution >= 0.6 is 0 Å². The molecule has 1 saturated heterocycles. The number of hydrogen-bond acceptors (Lipinski definition) is 1. The van der Waals surface area contributed by atoms with E-state index in [1.807, 2.05) is 0 Å². The van der Waals surface area contributed by atoms with Gasteiger partial charge in [-0.2, -0.15) is 0 Å². The first-order valence-corrected chi connectivity index (χ1v) is 5.18. The van der Waals surface area contributed by atoms with Crippen molar-refractivity contribution in [3.05, 3.63) is 0 Å². The number of likely N-dealkylation sites (tertiary alicyclic amines) is 1. The van der Waals surface area contributed by atoms with Gasteiger partial charge in [-0.05, 0) is 26.7 Å². The first-order chi connectivity index (χ1) is 5.86. The summed E-state index contributed by atoms with van der Waals surface area (Å²) >= 11 is 0. The summed E-state index contributed by atoms with van der Waals surface area (Å²) in [6, 6.07) is 0. The second-order valence-corrected chi connectivity index (χ2v) is 5.64. The molecule has 74 valence electrons. The summed E-state index contributed by atoms with van der Waals surface area (Å²) in [5.74, 6) is 0.764. The summed E-state index contributed by atoms with van der Waals surface area (Å²) in [6.07, 6.45) is 2.23. The first-order valence-electron chi connectivity index (χ1n) is 5.18. The van der Waals surface area contributed by atoms with E-state index in [4.69, 9.17) is 0 Å². The number of carbonyl (C=O) groups excluding carboxylic acids is 1. The van der Waals surface area contributed by atoms with Crippen LogP contribution in [0.5, 0.6) is 0 Å². The molecule has 2 nitrogen and oxygen atoms in total. The highest BCUT2D eigenvalue weighted by atomic mass is 16.2. The highest BCUT2D eigenvalue weighted by molar-refractivity contribution is 5.83. The van der Waals surface area contributed by atoms with Crippen LogP contribution in [0.2, 0.25) is 0 Å². The van der Waals surface area contributed by atoms with Crippen LogP contribution in [0.1, 0.15) is 40.5 Å². The maximum atomic E-state index is 11.8. The quantitative estimate of drug-likeness (QED) is 0.606. The van der Waals surface area contributed by atoms with Crippen LogP contribution in [0.25, 0.3) is 0 Å². The summed E-state index contributed by atoms with van der Waals surface area (Å²) < 4.78 is 0. The molecule has 2 fully saturated rings. The number of carbonyl (C=O) groups is 1. The van der Waals surface area contributed by atoms with Crippen molar-refractivity contribution in [2.75, 3.05) is 6.54 Å². The van der Waals surface area contributed by atoms with E-state index in [0.717, 1.165) is 19.4 Å². The molecule has 0 unspecified atom stereocenters. The molecule has 0 N–H and O–H groups in total. The lowest BCUT2D eigenvalue weighted by atomic mass is 9.65. The molecular weight excluding hydrogens is 162 g/mol. The topological polar surface area (TPSA) is 20.3 Å². The highest BCUT2D eigenvalue weighted by Crippen LogP contribution is 2.48. The predicted molar refractivity (Wildman–Crippen MR) is 52.3 cm³/mol. The normalized spacial score (nSPS) is 29.7. The van der Waals surface area contributed by atoms with E-state index in [2.05, 4.69) is 32.6 Å². The smallest absolute Gasteiger partial charge is 0.226 e. The molecule has 1 amide bonds. The molecule has 1 aliphatic carbocycles. The maximum Gasteiger partial charge on any atom is 0.226 e. The van der Waals surface area contributed by atoms with E-state index in [-0.39, 0.29) is 11.0 Å². The summed E-state index contributed by atoms with van der Waals surface area (Å²) in [6.45, 7) is 9.77. The molecule has 1 aliphatic heterocycles. The minimum atomic E-state index is 0.0622. The lowest BCUT2D eigenvalue weighted by molar-refractivity contribution is -0.168. The van der Waals surface area contributed by atoms with E-state index < -0.39 is 0 Å². The van der Waals surface area contributed by atoms with E-state index in [1.54, 1.807) is 0 Å². The fraction of sp³-hybridized carbons (Fsp3) is 0.909. The van der Waals surface area contributed by atoms with Gasteiger partial charge in [-0.3, -0.25) is 4.79 Å². The van der Waals surface area contributed by atoms with Crippen molar-refractivity contribution in [3.8, 4) is 0 Å². The molecule has 2 heteroatoms. The molecule has 1 saturated carbocycles. The standard InChI is InChI=1S/C11H19NO/c1-10(2)7-12(11(10,3)4)9(13)8-5-6-8/h8H,5-7H2,1-4H3. The molecule has 0 aromatic rings. The molecule has 0 atom stereocenters. The Morgan fingerprint density at radius 3 is 2.08 bits per heavy atom. The van der Waals surface area contributed by atoms with Crippen molar-refractivity contribution in [3.63, 3.8) is 0 Å². The minimum absolute atomic E-state index is 0.0622. The van der Waals surface area contributed by atoms with Crippen molar-refractivity contribution in [2.45, 2.75) is 46.1 Å². The van der Waals surface area contributed by atoms with Crippen molar-refractivity contribution >= 4 is 5.91 Å². The summed E-state index contributed by atoms with van der Waals surface area (Å²) in [5.41, 5.74) is 0.351. The Morgan fingerprint density at radius 2 is 1.77 bits per heavy atom. The van der Waals surface area contributed by atoms with Gasteiger partial charge in [0.25, 0.3) is 0 Å². The zero-order valence-corrected chi connectivity index (χ0v) is 9.05. The Kier molecular flexibility index (Phi) is 1.59. The van der Waals surface area contributed by atoms with Gasteiger partial charge in [0.1, 0.15) is 0 Å². The SMILES string of the molecule is CC1(C)CN(C(=O)C2CC2)C1(C)C. The van der Waals surface area contributed by atoms with Gasteiger partial charge in [0, 0.05) is 23.4 Å². The molecule has 2 aliphatic rings. The maximum absolute atomic E-state index is 11.8. The molecule has 13 heavy (non-hydrogen) atoms. The fourth-order valence-corrected chi connectivity index (χ4v) is 1.96. The summed E-state index contributed by atoms with van der Waals surface area (Å²) in [5, 5.41) is 0. The number of rotatable bonds is 1. The van der Waals surface area contributed by atoms with Crippen molar-refractivity contribution in [1.82, 2.24) is 4.90 Å². The van der Waals surface area contributed by atoms with Gasteiger partial charge in [-0.15, -0.1) is 0 Å². The number of amides is 1. The molecule has 0 aromatic carbocycles. The first kappa shape index (κ1) is 9.04. The van der Waals surface area contributed by atoms with E-state index in [9.17, 15) is 4.79 Å². The second kappa shape index (κ2) is 2.28. The molecule has 0 spiro atoms. The Labute approximate surface area is 80.3 Å². The van der Waals surface area contributed by atoms with Gasteiger partial charge >= 0.3 is 0 Å². The Bertz CT molecular complexity index is 251. The highest BCUT2D eigenvalue weighted by Gasteiger charge is 2.56. The average Bonchev–Trinajstić information content (AvgIpc) is 2.81. The van der Waals surface area contributed by atoms with Crippen LogP contribution in [0.3, 0.4) is 0 Å². The van der Waals surface area contributed by atoms with E-state index in [0.29, 0.717) is 11.8 Å². The third-order valence-corrected chi connectivity index (χ3v) is 4.08. The minimum Gasteiger partial charge on any atom is -0.336 e. The van der Waals surface area contributed by atoms with Gasteiger partial charge in [-0.25, -0.2) is 0 Å². The average molecular weight is 181 g/mol. The lowest BCUT2D eigenvalue weighted by Gasteiger charge is -2.61. The van der Waals surface area contributed by atoms with Crippen LogP contribution in [-0.4, -0.2) is 22.9 Å². The number of nitrogens with zero attached hydrogens (tertiary/aromatic N) is 1. The van der Waals surface area contributed by atoms with Gasteiger partial charge in [0.2, 0.25) is 5.91 Å². The van der Waals surface area contributed by atoms with Crippen molar-refractivity contribution in [2.24, 2.45) is 11.3 Å². The fourth-order valence-electron chi connectivity index (χ4n) is 1.96. The third kappa shape index (κ3) is 1.11. The molecule has 2 rings (SSSR count). The van der Waals surface area contributed by atoms with Crippen molar-refractivity contribution in [1.29, 1.82) is 0 Å². The van der Waals surface area contributed by atoms with Gasteiger partial charge in [0.15, 0.2) is 0 Å². The summed E-state index contributed by atoms with van der Waals surface area (Å²) in [4.78, 5) is 13.9. The predicted octanol–water partition coefficient (Wildman–Crippen LogP) is 2.04. The Balaban J connectivity index is 2.08. The van der Waals surface area contributed by atoms with Gasteiger partial charge < -0.3 is 4.90 Å². The van der Waals surface area contributed by atoms with Crippen LogP contribution in [-0.2, 0) is 4.79 Å². The van der Waals surface area contributed by atoms with Gasteiger partial charge in [0.05, 0.1) is 0 Å². The van der Waals surface area contributed by atoms with E-state index >= 15 is 0 Å². The van der Waals surface area contributed by atoms with Crippen LogP contribution in [0.4, 0.5) is 0 Å². The van der Waals surface area contributed by atoms with Crippen LogP contribution in [0.15, 0.2) is 0 Å². The Hall–Kier alpha value is -0.530. The largest absolute Gasteiger partial charge is 0.336 e. The molecule has 1 heterocycles. The molecular formula is C11H19NO. The van der Waals surface area contributed by atoms with E-state index in [1.165, 1.54) is 0 Å². The monoisotopic (exact) mass is 181 g/mol. The second-order valence-electron chi connectivity index (χ2n) is 5.64. The Morgan fingerprint density at radius 1 is 1.23 bits per heavy atom. The molecule has 0 radical (unpaired) electrons. The third-order valence-electron chi connectivity index (χ3n) is 4.08. The zero-order chi connectivity index (χ0) is 9.85. The molecule has 0 aromatic heterocycles. The van der Waals surface area contributed by atoms with Crippen LogP contribution < -0.4 is 0 Å². The molecule has 0 bridgehead atoms. The number of hydrogen-bond donors (Lipinski definition) is 0. The summed E-state index contributed by atoms with van der Waals surface area (Å²) in [7, 11) is 0. The van der Waals surface area contributed by atoms with Crippen LogP contribution in [0, 0.1) is 11.3 Å². The lowest BCUT2D eigenvalue weighted by Crippen LogP contribution is -2.70. The van der Waals surface area contributed by atoms with Gasteiger partial charge in [-0.1, -0.05) is 13.8 Å². The zero-order valence-electron chi connectivity index (χ0n) is 9.05. The van der Waals surface area contributed by atoms with Crippen molar-refractivity contribution < 1.29 is 4.79 Å².